The van der Waals surface area contributed by atoms with E-state index in [2.05, 4.69) is 48.0 Å². The lowest BCUT2D eigenvalue weighted by Gasteiger charge is -2.48. The Bertz CT molecular complexity index is 787. The summed E-state index contributed by atoms with van der Waals surface area (Å²) in [5.74, 6) is -2.87. The van der Waals surface area contributed by atoms with E-state index in [-0.39, 0.29) is 23.9 Å². The van der Waals surface area contributed by atoms with Gasteiger partial charge in [0.2, 0.25) is 0 Å². The van der Waals surface area contributed by atoms with Gasteiger partial charge in [-0.3, -0.25) is 9.80 Å². The molecule has 2 atom stereocenters. The number of carbonyl (C=O) groups excluding carboxylic acids is 1. The molecule has 1 aliphatic carbocycles. The van der Waals surface area contributed by atoms with E-state index in [1.807, 2.05) is 18.2 Å². The van der Waals surface area contributed by atoms with Gasteiger partial charge >= 0.3 is 6.03 Å². The zero-order valence-electron chi connectivity index (χ0n) is 20.4. The van der Waals surface area contributed by atoms with E-state index in [1.165, 1.54) is 5.56 Å². The van der Waals surface area contributed by atoms with Crippen molar-refractivity contribution in [1.29, 1.82) is 0 Å². The largest absolute Gasteiger partial charge is 0.328 e. The summed E-state index contributed by atoms with van der Waals surface area (Å²) in [6.07, 6.45) is 2.76. The van der Waals surface area contributed by atoms with Gasteiger partial charge < -0.3 is 10.2 Å². The van der Waals surface area contributed by atoms with E-state index in [0.717, 1.165) is 39.0 Å². The molecule has 4 rings (SSSR count). The number of nitrogens with one attached hydrogen (secondary N) is 1. The zero-order chi connectivity index (χ0) is 23.6. The first-order chi connectivity index (χ1) is 15.7. The predicted molar refractivity (Wildman–Crippen MR) is 128 cm³/mol. The van der Waals surface area contributed by atoms with Crippen LogP contribution in [0.1, 0.15) is 58.4 Å². The number of piperidine rings is 1. The number of benzene rings is 1. The second kappa shape index (κ2) is 9.87. The molecule has 1 saturated carbocycles. The van der Waals surface area contributed by atoms with E-state index in [0.29, 0.717) is 32.0 Å². The van der Waals surface area contributed by atoms with Crippen LogP contribution >= 0.6 is 0 Å². The number of nitrogens with zero attached hydrogens (tertiary/aromatic N) is 3. The molecule has 2 saturated heterocycles. The van der Waals surface area contributed by atoms with Crippen molar-refractivity contribution in [2.24, 2.45) is 0 Å². The number of alkyl halides is 2. The maximum Gasteiger partial charge on any atom is 0.317 e. The van der Waals surface area contributed by atoms with Crippen LogP contribution in [0.5, 0.6) is 0 Å². The van der Waals surface area contributed by atoms with Crippen molar-refractivity contribution >= 4 is 6.03 Å². The number of urea groups is 1. The van der Waals surface area contributed by atoms with Crippen LogP contribution in [0.15, 0.2) is 30.3 Å². The van der Waals surface area contributed by atoms with Gasteiger partial charge in [-0.25, -0.2) is 13.6 Å². The van der Waals surface area contributed by atoms with Crippen molar-refractivity contribution in [2.75, 3.05) is 39.3 Å². The average Bonchev–Trinajstić information content (AvgIpc) is 2.81. The van der Waals surface area contributed by atoms with Gasteiger partial charge in [-0.05, 0) is 50.5 Å². The molecule has 1 aromatic carbocycles. The summed E-state index contributed by atoms with van der Waals surface area (Å²) in [6, 6.07) is 9.11. The summed E-state index contributed by atoms with van der Waals surface area (Å²) in [5.41, 5.74) is 1.30. The van der Waals surface area contributed by atoms with Crippen LogP contribution in [0, 0.1) is 0 Å². The molecule has 0 bridgehead atoms. The Kier molecular flexibility index (Phi) is 7.29. The highest BCUT2D eigenvalue weighted by Gasteiger charge is 2.50. The topological polar surface area (TPSA) is 38.8 Å². The van der Waals surface area contributed by atoms with Crippen LogP contribution in [-0.4, -0.2) is 84.0 Å². The van der Waals surface area contributed by atoms with Crippen molar-refractivity contribution in [3.63, 3.8) is 0 Å². The summed E-state index contributed by atoms with van der Waals surface area (Å²) in [5, 5.41) is 2.81. The monoisotopic (exact) mass is 462 g/mol. The number of likely N-dealkylation sites (tertiary alicyclic amines) is 1. The molecule has 3 aliphatic rings. The van der Waals surface area contributed by atoms with Crippen molar-refractivity contribution in [3.8, 4) is 0 Å². The van der Waals surface area contributed by atoms with Crippen molar-refractivity contribution < 1.29 is 13.6 Å². The number of hydrogen-bond acceptors (Lipinski definition) is 3. The van der Waals surface area contributed by atoms with E-state index >= 15 is 8.78 Å². The third-order valence-electron chi connectivity index (χ3n) is 8.30. The van der Waals surface area contributed by atoms with E-state index in [9.17, 15) is 4.79 Å². The molecular formula is C26H40F2N4O. The standard InChI is InChI=1S/C26H40F2N4O/c1-20(2)30-16-18-31(19-17-30)22-10-7-11-26(27,28)23(22)29-24(33)32-14-12-25(3,13-15-32)21-8-5-4-6-9-21/h4-6,8-9,20,22-23H,7,10-19H2,1-3H3,(H,29,33)/t22-,23+/m0/s1. The van der Waals surface area contributed by atoms with Crippen molar-refractivity contribution in [3.05, 3.63) is 35.9 Å². The van der Waals surface area contributed by atoms with Gasteiger partial charge in [-0.1, -0.05) is 37.3 Å². The highest BCUT2D eigenvalue weighted by atomic mass is 19.3. The summed E-state index contributed by atoms with van der Waals surface area (Å²) in [6.45, 7) is 11.1. The average molecular weight is 463 g/mol. The first kappa shape index (κ1) is 24.4. The summed E-state index contributed by atoms with van der Waals surface area (Å²) in [4.78, 5) is 19.5. The minimum atomic E-state index is -2.87. The molecule has 2 aliphatic heterocycles. The number of carbonyl (C=O) groups is 1. The Balaban J connectivity index is 1.39. The van der Waals surface area contributed by atoms with Crippen molar-refractivity contribution in [2.45, 2.75) is 82.3 Å². The molecule has 184 valence electrons. The fraction of sp³-hybridized carbons (Fsp3) is 0.731. The number of rotatable bonds is 4. The molecular weight excluding hydrogens is 422 g/mol. The number of amides is 2. The molecule has 1 aromatic rings. The molecule has 3 fully saturated rings. The van der Waals surface area contributed by atoms with Gasteiger partial charge in [0.15, 0.2) is 0 Å². The first-order valence-corrected chi connectivity index (χ1v) is 12.7. The van der Waals surface area contributed by atoms with Gasteiger partial charge in [-0.15, -0.1) is 0 Å². The minimum Gasteiger partial charge on any atom is -0.328 e. The third-order valence-corrected chi connectivity index (χ3v) is 8.30. The molecule has 0 unspecified atom stereocenters. The summed E-state index contributed by atoms with van der Waals surface area (Å²) >= 11 is 0. The fourth-order valence-corrected chi connectivity index (χ4v) is 5.89. The van der Waals surface area contributed by atoms with Gasteiger partial charge in [0.1, 0.15) is 6.04 Å². The fourth-order valence-electron chi connectivity index (χ4n) is 5.89. The molecule has 0 aromatic heterocycles. The Morgan fingerprint density at radius 1 is 1.00 bits per heavy atom. The molecule has 7 heteroatoms. The Morgan fingerprint density at radius 3 is 2.24 bits per heavy atom. The summed E-state index contributed by atoms with van der Waals surface area (Å²) in [7, 11) is 0. The number of piperazine rings is 1. The number of halogens is 2. The van der Waals surface area contributed by atoms with Gasteiger partial charge in [0, 0.05) is 57.8 Å². The maximum absolute atomic E-state index is 15.1. The van der Waals surface area contributed by atoms with E-state index < -0.39 is 12.0 Å². The number of hydrogen-bond donors (Lipinski definition) is 1. The van der Waals surface area contributed by atoms with Gasteiger partial charge in [0.25, 0.3) is 5.92 Å². The zero-order valence-corrected chi connectivity index (χ0v) is 20.4. The highest BCUT2D eigenvalue weighted by Crippen LogP contribution is 2.38. The first-order valence-electron chi connectivity index (χ1n) is 12.7. The maximum atomic E-state index is 15.1. The Labute approximate surface area is 197 Å². The van der Waals surface area contributed by atoms with Crippen LogP contribution < -0.4 is 5.32 Å². The molecule has 5 nitrogen and oxygen atoms in total. The van der Waals surface area contributed by atoms with Gasteiger partial charge in [-0.2, -0.15) is 0 Å². The van der Waals surface area contributed by atoms with Crippen LogP contribution in [-0.2, 0) is 5.41 Å². The normalized spacial score (nSPS) is 28.6. The van der Waals surface area contributed by atoms with Gasteiger partial charge in [0.05, 0.1) is 0 Å². The molecule has 1 N–H and O–H groups in total. The van der Waals surface area contributed by atoms with Crippen LogP contribution in [0.3, 0.4) is 0 Å². The molecule has 2 amide bonds. The van der Waals surface area contributed by atoms with Crippen LogP contribution in [0.25, 0.3) is 0 Å². The lowest BCUT2D eigenvalue weighted by atomic mass is 9.74. The third kappa shape index (κ3) is 5.35. The minimum absolute atomic E-state index is 0.0193. The lowest BCUT2D eigenvalue weighted by Crippen LogP contribution is -2.66. The SMILES string of the molecule is CC(C)N1CCN([C@H]2CCCC(F)(F)[C@@H]2NC(=O)N2CCC(C)(c3ccccc3)CC2)CC1. The van der Waals surface area contributed by atoms with E-state index in [4.69, 9.17) is 0 Å². The molecule has 0 spiro atoms. The van der Waals surface area contributed by atoms with Crippen molar-refractivity contribution in [1.82, 2.24) is 20.0 Å². The Hall–Kier alpha value is -1.73. The molecule has 33 heavy (non-hydrogen) atoms. The Morgan fingerprint density at radius 2 is 1.64 bits per heavy atom. The smallest absolute Gasteiger partial charge is 0.317 e. The van der Waals surface area contributed by atoms with Crippen LogP contribution in [0.4, 0.5) is 13.6 Å². The predicted octanol–water partition coefficient (Wildman–Crippen LogP) is 4.33. The second-order valence-corrected chi connectivity index (χ2v) is 10.7. The molecule has 0 radical (unpaired) electrons. The highest BCUT2D eigenvalue weighted by molar-refractivity contribution is 5.75. The van der Waals surface area contributed by atoms with E-state index in [1.54, 1.807) is 4.90 Å². The summed E-state index contributed by atoms with van der Waals surface area (Å²) < 4.78 is 30.2. The quantitative estimate of drug-likeness (QED) is 0.724. The van der Waals surface area contributed by atoms with Crippen LogP contribution in [0.2, 0.25) is 0 Å². The second-order valence-electron chi connectivity index (χ2n) is 10.7. The lowest BCUT2D eigenvalue weighted by molar-refractivity contribution is -0.0973. The molecule has 2 heterocycles.